The van der Waals surface area contributed by atoms with Crippen molar-refractivity contribution in [2.45, 2.75) is 6.92 Å². The van der Waals surface area contributed by atoms with E-state index in [2.05, 4.69) is 20.9 Å². The van der Waals surface area contributed by atoms with Gasteiger partial charge in [-0.15, -0.1) is 0 Å². The summed E-state index contributed by atoms with van der Waals surface area (Å²) >= 11 is 3.44. The SMILES string of the molecule is Cc1cc(C(=O)O)ccc1N=Cc1cccn1-c1ccc(Br)cc1. The number of benzene rings is 2. The lowest BCUT2D eigenvalue weighted by atomic mass is 10.1. The summed E-state index contributed by atoms with van der Waals surface area (Å²) in [5.74, 6) is -0.933. The first-order valence-electron chi connectivity index (χ1n) is 7.36. The number of aromatic nitrogens is 1. The predicted octanol–water partition coefficient (Wildman–Crippen LogP) is 5.00. The number of aliphatic imine (C=N–C) groups is 1. The van der Waals surface area contributed by atoms with Crippen molar-refractivity contribution in [1.82, 2.24) is 4.57 Å². The molecule has 1 aromatic heterocycles. The third-order valence-corrected chi connectivity index (χ3v) is 4.19. The lowest BCUT2D eigenvalue weighted by Crippen LogP contribution is -1.98. The quantitative estimate of drug-likeness (QED) is 0.645. The lowest BCUT2D eigenvalue weighted by molar-refractivity contribution is 0.0697. The monoisotopic (exact) mass is 382 g/mol. The molecule has 0 radical (unpaired) electrons. The van der Waals surface area contributed by atoms with Crippen LogP contribution in [0.5, 0.6) is 0 Å². The molecule has 3 rings (SSSR count). The van der Waals surface area contributed by atoms with E-state index in [9.17, 15) is 4.79 Å². The minimum absolute atomic E-state index is 0.268. The van der Waals surface area contributed by atoms with E-state index < -0.39 is 5.97 Å². The van der Waals surface area contributed by atoms with Gasteiger partial charge in [-0.2, -0.15) is 0 Å². The van der Waals surface area contributed by atoms with E-state index in [4.69, 9.17) is 5.11 Å². The molecule has 3 aromatic rings. The van der Waals surface area contributed by atoms with Gasteiger partial charge < -0.3 is 9.67 Å². The molecule has 1 N–H and O–H groups in total. The molecule has 0 bridgehead atoms. The molecule has 0 atom stereocenters. The molecule has 1 heterocycles. The van der Waals surface area contributed by atoms with E-state index in [1.807, 2.05) is 54.1 Å². The highest BCUT2D eigenvalue weighted by Crippen LogP contribution is 2.21. The molecular weight excluding hydrogens is 368 g/mol. The number of hydrogen-bond donors (Lipinski definition) is 1. The van der Waals surface area contributed by atoms with Gasteiger partial charge in [0, 0.05) is 16.4 Å². The lowest BCUT2D eigenvalue weighted by Gasteiger charge is -2.07. The van der Waals surface area contributed by atoms with Crippen LogP contribution < -0.4 is 0 Å². The summed E-state index contributed by atoms with van der Waals surface area (Å²) in [6.45, 7) is 1.85. The van der Waals surface area contributed by atoms with Gasteiger partial charge in [0.1, 0.15) is 0 Å². The summed E-state index contributed by atoms with van der Waals surface area (Å²) in [6.07, 6.45) is 3.76. The Morgan fingerprint density at radius 2 is 1.92 bits per heavy atom. The van der Waals surface area contributed by atoms with Crippen LogP contribution in [0, 0.1) is 6.92 Å². The third kappa shape index (κ3) is 3.46. The number of carboxylic acids is 1. The van der Waals surface area contributed by atoms with Crippen molar-refractivity contribution in [2.24, 2.45) is 4.99 Å². The molecule has 0 spiro atoms. The molecular formula is C19H15BrN2O2. The number of carbonyl (C=O) groups is 1. The first kappa shape index (κ1) is 16.2. The topological polar surface area (TPSA) is 54.6 Å². The molecule has 0 aliphatic carbocycles. The Labute approximate surface area is 148 Å². The number of aromatic carboxylic acids is 1. The zero-order valence-corrected chi connectivity index (χ0v) is 14.6. The van der Waals surface area contributed by atoms with Crippen molar-refractivity contribution in [1.29, 1.82) is 0 Å². The average Bonchev–Trinajstić information content (AvgIpc) is 3.02. The minimum Gasteiger partial charge on any atom is -0.478 e. The summed E-state index contributed by atoms with van der Waals surface area (Å²) in [4.78, 5) is 15.5. The zero-order chi connectivity index (χ0) is 17.1. The van der Waals surface area contributed by atoms with Gasteiger partial charge in [-0.3, -0.25) is 4.99 Å². The van der Waals surface area contributed by atoms with Crippen molar-refractivity contribution in [3.63, 3.8) is 0 Å². The standard InChI is InChI=1S/C19H15BrN2O2/c1-13-11-14(19(23)24)4-9-18(13)21-12-17-3-2-10-22(17)16-7-5-15(20)6-8-16/h2-12H,1H3,(H,23,24). The highest BCUT2D eigenvalue weighted by atomic mass is 79.9. The Bertz CT molecular complexity index is 911. The van der Waals surface area contributed by atoms with Crippen molar-refractivity contribution in [2.75, 3.05) is 0 Å². The fourth-order valence-electron chi connectivity index (χ4n) is 2.41. The fourth-order valence-corrected chi connectivity index (χ4v) is 2.67. The average molecular weight is 383 g/mol. The van der Waals surface area contributed by atoms with Crippen LogP contribution in [0.4, 0.5) is 5.69 Å². The molecule has 2 aromatic carbocycles. The van der Waals surface area contributed by atoms with Crippen LogP contribution in [-0.4, -0.2) is 21.9 Å². The van der Waals surface area contributed by atoms with Gasteiger partial charge in [-0.05, 0) is 67.1 Å². The fraction of sp³-hybridized carbons (Fsp3) is 0.0526. The number of hydrogen-bond acceptors (Lipinski definition) is 2. The second-order valence-corrected chi connectivity index (χ2v) is 6.26. The summed E-state index contributed by atoms with van der Waals surface area (Å²) in [5.41, 5.74) is 3.84. The van der Waals surface area contributed by atoms with Crippen LogP contribution in [0.15, 0.2) is 70.3 Å². The maximum absolute atomic E-state index is 11.0. The molecule has 4 nitrogen and oxygen atoms in total. The number of halogens is 1. The first-order chi connectivity index (χ1) is 11.5. The highest BCUT2D eigenvalue weighted by Gasteiger charge is 2.05. The Balaban J connectivity index is 1.90. The van der Waals surface area contributed by atoms with Crippen LogP contribution in [-0.2, 0) is 0 Å². The summed E-state index contributed by atoms with van der Waals surface area (Å²) in [5, 5.41) is 9.02. The maximum atomic E-state index is 11.0. The molecule has 0 aliphatic rings. The molecule has 120 valence electrons. The molecule has 0 amide bonds. The Morgan fingerprint density at radius 3 is 2.58 bits per heavy atom. The van der Waals surface area contributed by atoms with Gasteiger partial charge in [0.25, 0.3) is 0 Å². The van der Waals surface area contributed by atoms with Crippen LogP contribution in [0.2, 0.25) is 0 Å². The Hall–Kier alpha value is -2.66. The minimum atomic E-state index is -0.933. The van der Waals surface area contributed by atoms with Crippen LogP contribution in [0.25, 0.3) is 5.69 Å². The smallest absolute Gasteiger partial charge is 0.335 e. The molecule has 24 heavy (non-hydrogen) atoms. The Morgan fingerprint density at radius 1 is 1.17 bits per heavy atom. The Kier molecular flexibility index (Phi) is 4.62. The largest absolute Gasteiger partial charge is 0.478 e. The van der Waals surface area contributed by atoms with E-state index in [0.29, 0.717) is 0 Å². The molecule has 5 heteroatoms. The predicted molar refractivity (Wildman–Crippen MR) is 98.9 cm³/mol. The number of carboxylic acid groups (broad SMARTS) is 1. The van der Waals surface area contributed by atoms with Crippen molar-refractivity contribution in [3.05, 3.63) is 82.1 Å². The number of rotatable bonds is 4. The molecule has 0 unspecified atom stereocenters. The third-order valence-electron chi connectivity index (χ3n) is 3.66. The highest BCUT2D eigenvalue weighted by molar-refractivity contribution is 9.10. The normalized spacial score (nSPS) is 11.1. The maximum Gasteiger partial charge on any atom is 0.335 e. The second-order valence-electron chi connectivity index (χ2n) is 5.34. The van der Waals surface area contributed by atoms with Gasteiger partial charge in [0.2, 0.25) is 0 Å². The van der Waals surface area contributed by atoms with Crippen molar-refractivity contribution in [3.8, 4) is 5.69 Å². The van der Waals surface area contributed by atoms with Gasteiger partial charge in [0.15, 0.2) is 0 Å². The van der Waals surface area contributed by atoms with Crippen LogP contribution in [0.1, 0.15) is 21.6 Å². The molecule has 0 fully saturated rings. The number of aryl methyl sites for hydroxylation is 1. The summed E-state index contributed by atoms with van der Waals surface area (Å²) < 4.78 is 3.07. The van der Waals surface area contributed by atoms with E-state index in [-0.39, 0.29) is 5.56 Å². The number of nitrogens with zero attached hydrogens (tertiary/aromatic N) is 2. The van der Waals surface area contributed by atoms with Crippen LogP contribution in [0.3, 0.4) is 0 Å². The van der Waals surface area contributed by atoms with Crippen molar-refractivity contribution >= 4 is 33.8 Å². The second kappa shape index (κ2) is 6.84. The molecule has 0 saturated heterocycles. The van der Waals surface area contributed by atoms with E-state index in [1.165, 1.54) is 0 Å². The summed E-state index contributed by atoms with van der Waals surface area (Å²) in [7, 11) is 0. The van der Waals surface area contributed by atoms with Crippen LogP contribution >= 0.6 is 15.9 Å². The molecule has 0 saturated carbocycles. The molecule has 0 aliphatic heterocycles. The van der Waals surface area contributed by atoms with E-state index in [0.717, 1.165) is 27.1 Å². The van der Waals surface area contributed by atoms with Gasteiger partial charge >= 0.3 is 5.97 Å². The van der Waals surface area contributed by atoms with Gasteiger partial charge in [0.05, 0.1) is 23.2 Å². The van der Waals surface area contributed by atoms with Gasteiger partial charge in [-0.1, -0.05) is 15.9 Å². The first-order valence-corrected chi connectivity index (χ1v) is 8.15. The summed E-state index contributed by atoms with van der Waals surface area (Å²) in [6, 6.07) is 16.9. The van der Waals surface area contributed by atoms with Crippen molar-refractivity contribution < 1.29 is 9.90 Å². The zero-order valence-electron chi connectivity index (χ0n) is 13.0. The van der Waals surface area contributed by atoms with Gasteiger partial charge in [-0.25, -0.2) is 4.79 Å². The van der Waals surface area contributed by atoms with E-state index in [1.54, 1.807) is 24.4 Å². The van der Waals surface area contributed by atoms with E-state index >= 15 is 0 Å².